The first-order valence-electron chi connectivity index (χ1n) is 5.75. The van der Waals surface area contributed by atoms with Crippen LogP contribution in [0.15, 0.2) is 36.7 Å². The molecule has 5 nitrogen and oxygen atoms in total. The van der Waals surface area contributed by atoms with E-state index in [9.17, 15) is 4.79 Å². The second-order valence-corrected chi connectivity index (χ2v) is 4.36. The van der Waals surface area contributed by atoms with E-state index in [1.165, 1.54) is 7.11 Å². The number of halogens is 1. The third-order valence-electron chi connectivity index (χ3n) is 2.70. The Morgan fingerprint density at radius 3 is 2.89 bits per heavy atom. The number of benzene rings is 1. The van der Waals surface area contributed by atoms with Crippen LogP contribution in [-0.2, 0) is 9.53 Å². The second kappa shape index (κ2) is 5.86. The van der Waals surface area contributed by atoms with E-state index < -0.39 is 6.10 Å². The number of para-hydroxylation sites is 1. The maximum atomic E-state index is 11.9. The van der Waals surface area contributed by atoms with Crippen LogP contribution in [-0.4, -0.2) is 28.9 Å². The lowest BCUT2D eigenvalue weighted by Crippen LogP contribution is -2.27. The van der Waals surface area contributed by atoms with E-state index in [4.69, 9.17) is 16.3 Å². The normalized spacial score (nSPS) is 12.2. The Balaban J connectivity index is 2.36. The highest BCUT2D eigenvalue weighted by Crippen LogP contribution is 2.28. The molecule has 0 saturated carbocycles. The van der Waals surface area contributed by atoms with Gasteiger partial charge in [0.05, 0.1) is 10.7 Å². The molecule has 2 aromatic rings. The summed E-state index contributed by atoms with van der Waals surface area (Å²) in [6, 6.07) is 7.06. The smallest absolute Gasteiger partial charge is 0.253 e. The van der Waals surface area contributed by atoms with Crippen molar-refractivity contribution in [2.24, 2.45) is 0 Å². The highest BCUT2D eigenvalue weighted by Gasteiger charge is 2.16. The topological polar surface area (TPSA) is 56.1 Å². The molecule has 1 aromatic carbocycles. The summed E-state index contributed by atoms with van der Waals surface area (Å²) in [6.07, 6.45) is 2.87. The monoisotopic (exact) mass is 279 g/mol. The molecule has 2 rings (SSSR count). The zero-order chi connectivity index (χ0) is 13.8. The van der Waals surface area contributed by atoms with Crippen molar-refractivity contribution in [2.45, 2.75) is 13.0 Å². The largest absolute Gasteiger partial charge is 0.372 e. The Hall–Kier alpha value is -1.85. The van der Waals surface area contributed by atoms with Crippen molar-refractivity contribution in [1.82, 2.24) is 9.78 Å². The maximum Gasteiger partial charge on any atom is 0.253 e. The molecule has 1 aromatic heterocycles. The first-order chi connectivity index (χ1) is 9.13. The van der Waals surface area contributed by atoms with Gasteiger partial charge in [0, 0.05) is 19.5 Å². The van der Waals surface area contributed by atoms with E-state index in [1.807, 2.05) is 0 Å². The minimum atomic E-state index is -0.538. The van der Waals surface area contributed by atoms with Crippen molar-refractivity contribution in [3.05, 3.63) is 41.7 Å². The Kier molecular flexibility index (Phi) is 4.19. The number of nitrogens with zero attached hydrogens (tertiary/aromatic N) is 2. The molecule has 0 aliphatic carbocycles. The average molecular weight is 280 g/mol. The third kappa shape index (κ3) is 2.94. The molecule has 0 aliphatic rings. The van der Waals surface area contributed by atoms with E-state index in [-0.39, 0.29) is 5.91 Å². The number of nitrogens with one attached hydrogen (secondary N) is 1. The van der Waals surface area contributed by atoms with Gasteiger partial charge in [0.2, 0.25) is 0 Å². The number of amides is 1. The number of hydrogen-bond acceptors (Lipinski definition) is 3. The predicted octanol–water partition coefficient (Wildman–Crippen LogP) is 2.50. The number of ether oxygens (including phenoxy) is 1. The van der Waals surface area contributed by atoms with Crippen LogP contribution >= 0.6 is 11.6 Å². The predicted molar refractivity (Wildman–Crippen MR) is 73.7 cm³/mol. The second-order valence-electron chi connectivity index (χ2n) is 3.95. The standard InChI is InChI=1S/C13H14ClN3O2/c1-9(19-2)13(18)16-11-6-3-5-10(14)12(11)17-8-4-7-15-17/h3-9H,1-2H3,(H,16,18). The SMILES string of the molecule is COC(C)C(=O)Nc1cccc(Cl)c1-n1cccn1. The van der Waals surface area contributed by atoms with Crippen LogP contribution in [0, 0.1) is 0 Å². The fourth-order valence-electron chi connectivity index (χ4n) is 1.59. The molecule has 1 atom stereocenters. The van der Waals surface area contributed by atoms with Crippen molar-refractivity contribution in [3.8, 4) is 5.69 Å². The van der Waals surface area contributed by atoms with Gasteiger partial charge in [0.15, 0.2) is 0 Å². The van der Waals surface area contributed by atoms with Gasteiger partial charge in [-0.15, -0.1) is 0 Å². The lowest BCUT2D eigenvalue weighted by atomic mass is 10.2. The minimum absolute atomic E-state index is 0.238. The van der Waals surface area contributed by atoms with Gasteiger partial charge >= 0.3 is 0 Å². The first-order valence-corrected chi connectivity index (χ1v) is 6.13. The molecular formula is C13H14ClN3O2. The summed E-state index contributed by atoms with van der Waals surface area (Å²) in [4.78, 5) is 11.9. The zero-order valence-electron chi connectivity index (χ0n) is 10.6. The number of carbonyl (C=O) groups excluding carboxylic acids is 1. The molecule has 1 amide bonds. The highest BCUT2D eigenvalue weighted by molar-refractivity contribution is 6.33. The summed E-state index contributed by atoms with van der Waals surface area (Å²) >= 11 is 6.17. The van der Waals surface area contributed by atoms with Gasteiger partial charge in [-0.3, -0.25) is 4.79 Å². The van der Waals surface area contributed by atoms with Crippen molar-refractivity contribution < 1.29 is 9.53 Å². The summed E-state index contributed by atoms with van der Waals surface area (Å²) in [5, 5.41) is 7.42. The van der Waals surface area contributed by atoms with E-state index >= 15 is 0 Å². The number of rotatable bonds is 4. The number of carbonyl (C=O) groups is 1. The van der Waals surface area contributed by atoms with Gasteiger partial charge < -0.3 is 10.1 Å². The van der Waals surface area contributed by atoms with Crippen LogP contribution in [0.4, 0.5) is 5.69 Å². The van der Waals surface area contributed by atoms with Gasteiger partial charge in [0.1, 0.15) is 11.8 Å². The lowest BCUT2D eigenvalue weighted by molar-refractivity contribution is -0.124. The fourth-order valence-corrected chi connectivity index (χ4v) is 1.85. The van der Waals surface area contributed by atoms with Gasteiger partial charge in [-0.2, -0.15) is 5.10 Å². The molecule has 1 unspecified atom stereocenters. The molecule has 0 bridgehead atoms. The van der Waals surface area contributed by atoms with Crippen LogP contribution in [0.2, 0.25) is 5.02 Å². The quantitative estimate of drug-likeness (QED) is 0.935. The van der Waals surface area contributed by atoms with Crippen molar-refractivity contribution in [1.29, 1.82) is 0 Å². The molecule has 0 radical (unpaired) electrons. The number of hydrogen-bond donors (Lipinski definition) is 1. The average Bonchev–Trinajstić information content (AvgIpc) is 2.91. The third-order valence-corrected chi connectivity index (χ3v) is 3.01. The molecule has 19 heavy (non-hydrogen) atoms. The van der Waals surface area contributed by atoms with Gasteiger partial charge in [-0.1, -0.05) is 17.7 Å². The molecule has 0 spiro atoms. The fraction of sp³-hybridized carbons (Fsp3) is 0.231. The molecule has 0 fully saturated rings. The van der Waals surface area contributed by atoms with Crippen LogP contribution in [0.3, 0.4) is 0 Å². The minimum Gasteiger partial charge on any atom is -0.372 e. The highest BCUT2D eigenvalue weighted by atomic mass is 35.5. The maximum absolute atomic E-state index is 11.9. The van der Waals surface area contributed by atoms with E-state index in [0.29, 0.717) is 16.4 Å². The van der Waals surface area contributed by atoms with Crippen LogP contribution in [0.5, 0.6) is 0 Å². The van der Waals surface area contributed by atoms with Crippen LogP contribution < -0.4 is 5.32 Å². The first kappa shape index (κ1) is 13.6. The van der Waals surface area contributed by atoms with Crippen molar-refractivity contribution in [3.63, 3.8) is 0 Å². The van der Waals surface area contributed by atoms with Gasteiger partial charge in [0.25, 0.3) is 5.91 Å². The summed E-state index contributed by atoms with van der Waals surface area (Å²) in [5.41, 5.74) is 1.22. The molecular weight excluding hydrogens is 266 g/mol. The number of aromatic nitrogens is 2. The van der Waals surface area contributed by atoms with Crippen LogP contribution in [0.25, 0.3) is 5.69 Å². The Labute approximate surface area is 116 Å². The summed E-state index contributed by atoms with van der Waals surface area (Å²) < 4.78 is 6.58. The zero-order valence-corrected chi connectivity index (χ0v) is 11.4. The molecule has 0 saturated heterocycles. The van der Waals surface area contributed by atoms with Crippen molar-refractivity contribution >= 4 is 23.2 Å². The Bertz CT molecular complexity index is 569. The molecule has 1 N–H and O–H groups in total. The molecule has 100 valence electrons. The lowest BCUT2D eigenvalue weighted by Gasteiger charge is -2.15. The van der Waals surface area contributed by atoms with E-state index in [2.05, 4.69) is 10.4 Å². The molecule has 6 heteroatoms. The van der Waals surface area contributed by atoms with Crippen LogP contribution in [0.1, 0.15) is 6.92 Å². The Morgan fingerprint density at radius 2 is 2.26 bits per heavy atom. The summed E-state index contributed by atoms with van der Waals surface area (Å²) in [7, 11) is 1.48. The van der Waals surface area contributed by atoms with Crippen molar-refractivity contribution in [2.75, 3.05) is 12.4 Å². The Morgan fingerprint density at radius 1 is 1.47 bits per heavy atom. The van der Waals surface area contributed by atoms with Gasteiger partial charge in [-0.25, -0.2) is 4.68 Å². The number of methoxy groups -OCH3 is 1. The molecule has 1 heterocycles. The van der Waals surface area contributed by atoms with E-state index in [1.54, 1.807) is 48.3 Å². The summed E-state index contributed by atoms with van der Waals surface area (Å²) in [6.45, 7) is 1.67. The molecule has 0 aliphatic heterocycles. The van der Waals surface area contributed by atoms with E-state index in [0.717, 1.165) is 0 Å². The number of anilines is 1. The summed E-state index contributed by atoms with van der Waals surface area (Å²) in [5.74, 6) is -0.238. The van der Waals surface area contributed by atoms with Gasteiger partial charge in [-0.05, 0) is 25.1 Å².